The summed E-state index contributed by atoms with van der Waals surface area (Å²) in [7, 11) is 3.95. The number of nitrogens with one attached hydrogen (secondary N) is 2. The number of likely N-dealkylation sites (tertiary alicyclic amines) is 1. The van der Waals surface area contributed by atoms with Gasteiger partial charge in [0, 0.05) is 33.2 Å². The topological polar surface area (TPSA) is 69.2 Å². The van der Waals surface area contributed by atoms with Gasteiger partial charge < -0.3 is 25.2 Å². The third-order valence-electron chi connectivity index (χ3n) is 5.19. The minimum Gasteiger partial charge on any atom is -0.444 e. The Morgan fingerprint density at radius 3 is 2.47 bits per heavy atom. The summed E-state index contributed by atoms with van der Waals surface area (Å²) in [5.74, 6) is 1.54. The van der Waals surface area contributed by atoms with Crippen LogP contribution in [-0.4, -0.2) is 67.7 Å². The lowest BCUT2D eigenvalue weighted by atomic mass is 9.99. The number of amides is 1. The Kier molecular flexibility index (Phi) is 12.3. The Morgan fingerprint density at radius 1 is 1.22 bits per heavy atom. The van der Waals surface area contributed by atoms with Crippen molar-refractivity contribution in [2.45, 2.75) is 59.2 Å². The second-order valence-corrected chi connectivity index (χ2v) is 9.50. The SMILES string of the molecule is CCNC(=NCc1ccc(CN(C)C(=O)OC(C)(C)C)cc1)NCC1CCCN(C)C1.I. The van der Waals surface area contributed by atoms with Crippen molar-refractivity contribution in [2.75, 3.05) is 40.3 Å². The van der Waals surface area contributed by atoms with Gasteiger partial charge in [0.1, 0.15) is 5.60 Å². The molecule has 0 aromatic heterocycles. The van der Waals surface area contributed by atoms with Crippen molar-refractivity contribution in [3.05, 3.63) is 35.4 Å². The van der Waals surface area contributed by atoms with Gasteiger partial charge in [0.25, 0.3) is 0 Å². The highest BCUT2D eigenvalue weighted by Crippen LogP contribution is 2.14. The van der Waals surface area contributed by atoms with Crippen LogP contribution in [0, 0.1) is 5.92 Å². The number of hydrogen-bond acceptors (Lipinski definition) is 4. The summed E-state index contributed by atoms with van der Waals surface area (Å²) in [5, 5.41) is 6.84. The van der Waals surface area contributed by atoms with Crippen molar-refractivity contribution in [3.8, 4) is 0 Å². The fourth-order valence-electron chi connectivity index (χ4n) is 3.62. The number of benzene rings is 1. The van der Waals surface area contributed by atoms with E-state index in [1.54, 1.807) is 11.9 Å². The van der Waals surface area contributed by atoms with Crippen molar-refractivity contribution in [1.29, 1.82) is 0 Å². The van der Waals surface area contributed by atoms with Gasteiger partial charge in [-0.3, -0.25) is 0 Å². The fourth-order valence-corrected chi connectivity index (χ4v) is 3.62. The maximum atomic E-state index is 12.1. The predicted octanol–water partition coefficient (Wildman–Crippen LogP) is 4.07. The van der Waals surface area contributed by atoms with E-state index in [4.69, 9.17) is 9.73 Å². The summed E-state index contributed by atoms with van der Waals surface area (Å²) in [6, 6.07) is 8.23. The molecule has 1 atom stereocenters. The largest absolute Gasteiger partial charge is 0.444 e. The van der Waals surface area contributed by atoms with E-state index in [0.29, 0.717) is 19.0 Å². The molecule has 1 aliphatic rings. The number of nitrogens with zero attached hydrogens (tertiary/aromatic N) is 3. The predicted molar refractivity (Wildman–Crippen MR) is 143 cm³/mol. The van der Waals surface area contributed by atoms with Gasteiger partial charge >= 0.3 is 6.09 Å². The molecule has 32 heavy (non-hydrogen) atoms. The molecule has 1 amide bonds. The van der Waals surface area contributed by atoms with Gasteiger partial charge in [0.2, 0.25) is 0 Å². The monoisotopic (exact) mass is 559 g/mol. The van der Waals surface area contributed by atoms with Crippen LogP contribution >= 0.6 is 24.0 Å². The number of rotatable bonds is 7. The average molecular weight is 560 g/mol. The molecule has 1 aromatic rings. The molecule has 1 saturated heterocycles. The first-order chi connectivity index (χ1) is 14.7. The van der Waals surface area contributed by atoms with Crippen LogP contribution in [0.3, 0.4) is 0 Å². The second kappa shape index (κ2) is 13.9. The number of hydrogen-bond donors (Lipinski definition) is 2. The molecule has 2 N–H and O–H groups in total. The molecule has 1 heterocycles. The van der Waals surface area contributed by atoms with Crippen molar-refractivity contribution in [2.24, 2.45) is 10.9 Å². The van der Waals surface area contributed by atoms with Crippen LogP contribution in [0.15, 0.2) is 29.3 Å². The van der Waals surface area contributed by atoms with E-state index in [2.05, 4.69) is 41.6 Å². The van der Waals surface area contributed by atoms with Gasteiger partial charge in [-0.2, -0.15) is 0 Å². The smallest absolute Gasteiger partial charge is 0.410 e. The molecule has 1 unspecified atom stereocenters. The first-order valence-corrected chi connectivity index (χ1v) is 11.4. The Hall–Kier alpha value is -1.55. The summed E-state index contributed by atoms with van der Waals surface area (Å²) in [6.45, 7) is 13.0. The van der Waals surface area contributed by atoms with E-state index >= 15 is 0 Å². The third kappa shape index (κ3) is 10.8. The normalized spacial score (nSPS) is 17.3. The number of carbonyl (C=O) groups is 1. The van der Waals surface area contributed by atoms with Gasteiger partial charge in [-0.05, 0) is 71.2 Å². The minimum absolute atomic E-state index is 0. The molecule has 0 aliphatic carbocycles. The zero-order valence-corrected chi connectivity index (χ0v) is 22.9. The summed E-state index contributed by atoms with van der Waals surface area (Å²) in [5.41, 5.74) is 1.71. The van der Waals surface area contributed by atoms with Crippen LogP contribution in [-0.2, 0) is 17.8 Å². The molecule has 8 heteroatoms. The fraction of sp³-hybridized carbons (Fsp3) is 0.667. The highest BCUT2D eigenvalue weighted by molar-refractivity contribution is 14.0. The maximum absolute atomic E-state index is 12.1. The number of aliphatic imine (C=N–C) groups is 1. The molecule has 0 saturated carbocycles. The van der Waals surface area contributed by atoms with Gasteiger partial charge in [-0.1, -0.05) is 24.3 Å². The van der Waals surface area contributed by atoms with Crippen molar-refractivity contribution in [3.63, 3.8) is 0 Å². The molecule has 1 aliphatic heterocycles. The molecule has 1 fully saturated rings. The van der Waals surface area contributed by atoms with E-state index in [1.165, 1.54) is 19.4 Å². The number of guanidine groups is 1. The van der Waals surface area contributed by atoms with E-state index in [1.807, 2.05) is 32.9 Å². The Bertz CT molecular complexity index is 718. The van der Waals surface area contributed by atoms with Gasteiger partial charge in [0.05, 0.1) is 6.54 Å². The van der Waals surface area contributed by atoms with E-state index in [0.717, 1.165) is 36.7 Å². The quantitative estimate of drug-likeness (QED) is 0.300. The molecular weight excluding hydrogens is 517 g/mol. The van der Waals surface area contributed by atoms with Gasteiger partial charge in [0.15, 0.2) is 5.96 Å². The number of piperidine rings is 1. The molecular formula is C24H42IN5O2. The molecule has 7 nitrogen and oxygen atoms in total. The lowest BCUT2D eigenvalue weighted by Crippen LogP contribution is -2.43. The summed E-state index contributed by atoms with van der Waals surface area (Å²) >= 11 is 0. The van der Waals surface area contributed by atoms with E-state index in [9.17, 15) is 4.79 Å². The highest BCUT2D eigenvalue weighted by atomic mass is 127. The average Bonchev–Trinajstić information content (AvgIpc) is 2.70. The molecule has 182 valence electrons. The van der Waals surface area contributed by atoms with Crippen LogP contribution in [0.4, 0.5) is 4.79 Å². The van der Waals surface area contributed by atoms with Crippen molar-refractivity contribution < 1.29 is 9.53 Å². The standard InChI is InChI=1S/C24H41N5O2.HI/c1-7-25-22(27-16-21-9-8-14-28(5)17-21)26-15-19-10-12-20(13-11-19)18-29(6)23(30)31-24(2,3)4;/h10-13,21H,7-9,14-18H2,1-6H3,(H2,25,26,27);1H. The lowest BCUT2D eigenvalue weighted by molar-refractivity contribution is 0.0285. The zero-order valence-electron chi connectivity index (χ0n) is 20.6. The maximum Gasteiger partial charge on any atom is 0.410 e. The molecule has 2 rings (SSSR count). The van der Waals surface area contributed by atoms with Gasteiger partial charge in [-0.15, -0.1) is 24.0 Å². The van der Waals surface area contributed by atoms with Crippen LogP contribution in [0.5, 0.6) is 0 Å². The van der Waals surface area contributed by atoms with Crippen molar-refractivity contribution >= 4 is 36.0 Å². The Morgan fingerprint density at radius 2 is 1.88 bits per heavy atom. The van der Waals surface area contributed by atoms with E-state index < -0.39 is 5.60 Å². The number of halogens is 1. The molecule has 1 aromatic carbocycles. The second-order valence-electron chi connectivity index (χ2n) is 9.50. The minimum atomic E-state index is -0.488. The van der Waals surface area contributed by atoms with Crippen LogP contribution < -0.4 is 10.6 Å². The van der Waals surface area contributed by atoms with Crippen molar-refractivity contribution in [1.82, 2.24) is 20.4 Å². The van der Waals surface area contributed by atoms with E-state index in [-0.39, 0.29) is 30.1 Å². The van der Waals surface area contributed by atoms with Crippen LogP contribution in [0.1, 0.15) is 51.7 Å². The summed E-state index contributed by atoms with van der Waals surface area (Å²) in [4.78, 5) is 20.9. The first kappa shape index (κ1) is 28.5. The number of ether oxygens (including phenoxy) is 1. The highest BCUT2D eigenvalue weighted by Gasteiger charge is 2.19. The third-order valence-corrected chi connectivity index (χ3v) is 5.19. The summed E-state index contributed by atoms with van der Waals surface area (Å²) in [6.07, 6.45) is 2.23. The summed E-state index contributed by atoms with van der Waals surface area (Å²) < 4.78 is 5.41. The Balaban J connectivity index is 0.00000512. The van der Waals surface area contributed by atoms with Crippen LogP contribution in [0.25, 0.3) is 0 Å². The Labute approximate surface area is 211 Å². The molecule has 0 bridgehead atoms. The van der Waals surface area contributed by atoms with Crippen LogP contribution in [0.2, 0.25) is 0 Å². The molecule has 0 radical (unpaired) electrons. The lowest BCUT2D eigenvalue weighted by Gasteiger charge is -2.30. The first-order valence-electron chi connectivity index (χ1n) is 11.4. The van der Waals surface area contributed by atoms with Gasteiger partial charge in [-0.25, -0.2) is 9.79 Å². The molecule has 0 spiro atoms. The zero-order chi connectivity index (χ0) is 22.9. The number of carbonyl (C=O) groups excluding carboxylic acids is 1.